The lowest BCUT2D eigenvalue weighted by Crippen LogP contribution is -2.49. The highest BCUT2D eigenvalue weighted by atomic mass is 16.5. The second kappa shape index (κ2) is 7.06. The van der Waals surface area contributed by atoms with E-state index in [0.717, 1.165) is 0 Å². The van der Waals surface area contributed by atoms with Gasteiger partial charge >= 0.3 is 11.6 Å². The molecule has 2 unspecified atom stereocenters. The number of ether oxygens (including phenoxy) is 2. The van der Waals surface area contributed by atoms with Crippen LogP contribution in [0.2, 0.25) is 0 Å². The number of rotatable bonds is 3. The van der Waals surface area contributed by atoms with Crippen LogP contribution in [-0.4, -0.2) is 48.7 Å². The van der Waals surface area contributed by atoms with Crippen molar-refractivity contribution in [2.24, 2.45) is 0 Å². The largest absolute Gasteiger partial charge is 0.452 e. The second-order valence-corrected chi connectivity index (χ2v) is 6.12. The molecule has 2 aromatic rings. The van der Waals surface area contributed by atoms with Gasteiger partial charge in [0.25, 0.3) is 5.91 Å². The zero-order valence-electron chi connectivity index (χ0n) is 14.1. The standard InChI is InChI=1S/C18H19NO6/c1-11-8-19(9-12(2)24-11)16(20)10-23-17(21)14-7-13-5-3-4-6-15(13)25-18(14)22/h3-7,11-12H,8-10H2,1-2H3. The van der Waals surface area contributed by atoms with E-state index in [2.05, 4.69) is 0 Å². The maximum absolute atomic E-state index is 12.2. The van der Waals surface area contributed by atoms with E-state index in [4.69, 9.17) is 13.9 Å². The number of morpholine rings is 1. The van der Waals surface area contributed by atoms with Gasteiger partial charge in [-0.2, -0.15) is 0 Å². The molecule has 1 amide bonds. The van der Waals surface area contributed by atoms with Crippen LogP contribution in [0.15, 0.2) is 39.5 Å². The van der Waals surface area contributed by atoms with E-state index in [1.54, 1.807) is 29.2 Å². The van der Waals surface area contributed by atoms with E-state index in [-0.39, 0.29) is 23.7 Å². The van der Waals surface area contributed by atoms with Crippen LogP contribution in [0.5, 0.6) is 0 Å². The Morgan fingerprint density at radius 2 is 1.88 bits per heavy atom. The van der Waals surface area contributed by atoms with E-state index in [9.17, 15) is 14.4 Å². The number of para-hydroxylation sites is 1. The molecule has 1 fully saturated rings. The Morgan fingerprint density at radius 1 is 1.20 bits per heavy atom. The predicted octanol–water partition coefficient (Wildman–Crippen LogP) is 1.59. The van der Waals surface area contributed by atoms with E-state index in [0.29, 0.717) is 24.1 Å². The molecule has 2 heterocycles. The number of hydrogen-bond donors (Lipinski definition) is 0. The van der Waals surface area contributed by atoms with Gasteiger partial charge in [-0.05, 0) is 26.0 Å². The minimum Gasteiger partial charge on any atom is -0.452 e. The number of hydrogen-bond acceptors (Lipinski definition) is 6. The van der Waals surface area contributed by atoms with Gasteiger partial charge in [0.1, 0.15) is 11.1 Å². The maximum atomic E-state index is 12.2. The van der Waals surface area contributed by atoms with Gasteiger partial charge in [-0.3, -0.25) is 4.79 Å². The fourth-order valence-electron chi connectivity index (χ4n) is 2.88. The number of benzene rings is 1. The van der Waals surface area contributed by atoms with Crippen LogP contribution in [-0.2, 0) is 14.3 Å². The molecule has 0 bridgehead atoms. The van der Waals surface area contributed by atoms with Crippen LogP contribution in [0, 0.1) is 0 Å². The van der Waals surface area contributed by atoms with E-state index in [1.807, 2.05) is 13.8 Å². The molecule has 0 saturated carbocycles. The predicted molar refractivity (Wildman–Crippen MR) is 89.4 cm³/mol. The lowest BCUT2D eigenvalue weighted by molar-refractivity contribution is -0.146. The third kappa shape index (κ3) is 3.88. The lowest BCUT2D eigenvalue weighted by Gasteiger charge is -2.35. The summed E-state index contributed by atoms with van der Waals surface area (Å²) in [7, 11) is 0. The highest BCUT2D eigenvalue weighted by Gasteiger charge is 2.27. The number of carbonyl (C=O) groups excluding carboxylic acids is 2. The van der Waals surface area contributed by atoms with Gasteiger partial charge in [-0.15, -0.1) is 0 Å². The van der Waals surface area contributed by atoms with Gasteiger partial charge in [0.15, 0.2) is 6.61 Å². The van der Waals surface area contributed by atoms with Crippen LogP contribution in [0.25, 0.3) is 11.0 Å². The Morgan fingerprint density at radius 3 is 2.60 bits per heavy atom. The van der Waals surface area contributed by atoms with E-state index < -0.39 is 18.2 Å². The average molecular weight is 345 g/mol. The molecule has 7 heteroatoms. The van der Waals surface area contributed by atoms with Crippen molar-refractivity contribution >= 4 is 22.8 Å². The number of nitrogens with zero attached hydrogens (tertiary/aromatic N) is 1. The maximum Gasteiger partial charge on any atom is 0.351 e. The zero-order valence-corrected chi connectivity index (χ0v) is 14.1. The van der Waals surface area contributed by atoms with Crippen molar-refractivity contribution in [1.29, 1.82) is 0 Å². The molecule has 1 aromatic heterocycles. The third-order valence-corrected chi connectivity index (χ3v) is 3.96. The summed E-state index contributed by atoms with van der Waals surface area (Å²) in [6.45, 7) is 4.21. The molecule has 1 aliphatic heterocycles. The number of fused-ring (bicyclic) bond motifs is 1. The molecule has 0 N–H and O–H groups in total. The minimum atomic E-state index is -0.873. The molecule has 1 aliphatic rings. The Bertz CT molecular complexity index is 848. The van der Waals surface area contributed by atoms with Crippen molar-refractivity contribution in [2.45, 2.75) is 26.1 Å². The zero-order chi connectivity index (χ0) is 18.0. The van der Waals surface area contributed by atoms with E-state index >= 15 is 0 Å². The summed E-state index contributed by atoms with van der Waals surface area (Å²) < 4.78 is 15.7. The van der Waals surface area contributed by atoms with Crippen molar-refractivity contribution in [3.8, 4) is 0 Å². The number of carbonyl (C=O) groups is 2. The molecular weight excluding hydrogens is 326 g/mol. The number of amides is 1. The first-order chi connectivity index (χ1) is 11.9. The first-order valence-corrected chi connectivity index (χ1v) is 8.07. The fraction of sp³-hybridized carbons (Fsp3) is 0.389. The lowest BCUT2D eigenvalue weighted by atomic mass is 10.2. The first-order valence-electron chi connectivity index (χ1n) is 8.07. The quantitative estimate of drug-likeness (QED) is 0.620. The summed E-state index contributed by atoms with van der Waals surface area (Å²) in [5, 5.41) is 0.608. The summed E-state index contributed by atoms with van der Waals surface area (Å²) in [5.41, 5.74) is -0.628. The van der Waals surface area contributed by atoms with Crippen molar-refractivity contribution in [1.82, 2.24) is 4.90 Å². The molecule has 1 saturated heterocycles. The van der Waals surface area contributed by atoms with Crippen molar-refractivity contribution < 1.29 is 23.5 Å². The summed E-state index contributed by atoms with van der Waals surface area (Å²) in [4.78, 5) is 37.9. The second-order valence-electron chi connectivity index (χ2n) is 6.12. The molecule has 0 spiro atoms. The van der Waals surface area contributed by atoms with Crippen molar-refractivity contribution in [3.63, 3.8) is 0 Å². The molecular formula is C18H19NO6. The average Bonchev–Trinajstić information content (AvgIpc) is 2.57. The molecule has 0 aliphatic carbocycles. The van der Waals surface area contributed by atoms with Crippen LogP contribution in [0.1, 0.15) is 24.2 Å². The smallest absolute Gasteiger partial charge is 0.351 e. The monoisotopic (exact) mass is 345 g/mol. The highest BCUT2D eigenvalue weighted by molar-refractivity contribution is 5.94. The van der Waals surface area contributed by atoms with Crippen LogP contribution >= 0.6 is 0 Å². The first kappa shape index (κ1) is 17.2. The van der Waals surface area contributed by atoms with Gasteiger partial charge in [-0.1, -0.05) is 18.2 Å². The van der Waals surface area contributed by atoms with Crippen LogP contribution in [0.4, 0.5) is 0 Å². The van der Waals surface area contributed by atoms with Crippen molar-refractivity contribution in [3.05, 3.63) is 46.3 Å². The van der Waals surface area contributed by atoms with E-state index in [1.165, 1.54) is 6.07 Å². The SMILES string of the molecule is CC1CN(C(=O)COC(=O)c2cc3ccccc3oc2=O)CC(C)O1. The molecule has 3 rings (SSSR count). The summed E-state index contributed by atoms with van der Waals surface area (Å²) >= 11 is 0. The topological polar surface area (TPSA) is 86.0 Å². The highest BCUT2D eigenvalue weighted by Crippen LogP contribution is 2.14. The third-order valence-electron chi connectivity index (χ3n) is 3.96. The Kier molecular flexibility index (Phi) is 4.85. The summed E-state index contributed by atoms with van der Waals surface area (Å²) in [5.74, 6) is -1.19. The minimum absolute atomic E-state index is 0.0732. The molecule has 25 heavy (non-hydrogen) atoms. The molecule has 2 atom stereocenters. The van der Waals surface area contributed by atoms with Gasteiger partial charge in [0.2, 0.25) is 0 Å². The fourth-order valence-corrected chi connectivity index (χ4v) is 2.88. The summed E-state index contributed by atoms with van der Waals surface area (Å²) in [6.07, 6.45) is -0.146. The molecule has 1 aromatic carbocycles. The van der Waals surface area contributed by atoms with Crippen molar-refractivity contribution in [2.75, 3.05) is 19.7 Å². The Hall–Kier alpha value is -2.67. The Labute approximate surface area is 144 Å². The summed E-state index contributed by atoms with van der Waals surface area (Å²) in [6, 6.07) is 8.26. The Balaban J connectivity index is 1.67. The van der Waals surface area contributed by atoms with Gasteiger partial charge in [0.05, 0.1) is 12.2 Å². The normalized spacial score (nSPS) is 20.5. The molecule has 0 radical (unpaired) electrons. The van der Waals surface area contributed by atoms with Gasteiger partial charge in [-0.25, -0.2) is 9.59 Å². The molecule has 7 nitrogen and oxygen atoms in total. The molecule has 132 valence electrons. The van der Waals surface area contributed by atoms with Gasteiger partial charge < -0.3 is 18.8 Å². The number of esters is 1. The van der Waals surface area contributed by atoms with Crippen LogP contribution in [0.3, 0.4) is 0 Å². The van der Waals surface area contributed by atoms with Crippen LogP contribution < -0.4 is 5.63 Å². The van der Waals surface area contributed by atoms with Gasteiger partial charge in [0, 0.05) is 18.5 Å².